The minimum absolute atomic E-state index is 0.0792. The minimum Gasteiger partial charge on any atom is -0.356 e. The highest BCUT2D eigenvalue weighted by molar-refractivity contribution is 6.02. The standard InChI is InChI=1S/C26H33N7O2/c1-16-23(32-12-10-26(11-13-32)15-17-7-3-4-8-18(17)22(26)27)30-24-20(29-16)21(25(34)28-2)31-33(24)19-9-5-6-14-35-19/h3-4,7-8,19,22H,5-6,9-15,27H2,1-2H3,(H,28,34)/t19?,22-/m1/s1. The molecule has 2 saturated heterocycles. The van der Waals surface area contributed by atoms with Gasteiger partial charge in [-0.3, -0.25) is 4.79 Å². The molecule has 1 amide bonds. The van der Waals surface area contributed by atoms with E-state index in [0.29, 0.717) is 23.5 Å². The lowest BCUT2D eigenvalue weighted by Crippen LogP contribution is -2.45. The first-order chi connectivity index (χ1) is 17.0. The average Bonchev–Trinajstić information content (AvgIpc) is 3.39. The van der Waals surface area contributed by atoms with Gasteiger partial charge in [0.15, 0.2) is 23.4 Å². The number of carbonyl (C=O) groups is 1. The summed E-state index contributed by atoms with van der Waals surface area (Å²) in [6, 6.07) is 8.69. The molecule has 184 valence electrons. The van der Waals surface area contributed by atoms with E-state index in [4.69, 9.17) is 20.4 Å². The molecule has 3 aliphatic rings. The van der Waals surface area contributed by atoms with Crippen molar-refractivity contribution in [2.75, 3.05) is 31.6 Å². The second-order valence-electron chi connectivity index (χ2n) is 10.2. The van der Waals surface area contributed by atoms with Gasteiger partial charge in [0.1, 0.15) is 5.52 Å². The molecule has 3 aromatic rings. The SMILES string of the molecule is CNC(=O)c1nn(C2CCCCO2)c2nc(N3CCC4(CC3)Cc3ccccc3[C@H]4N)c(C)nc12. The first-order valence-electron chi connectivity index (χ1n) is 12.7. The number of piperidine rings is 1. The van der Waals surface area contributed by atoms with Crippen LogP contribution in [0.15, 0.2) is 24.3 Å². The highest BCUT2D eigenvalue weighted by Gasteiger charge is 2.46. The zero-order valence-electron chi connectivity index (χ0n) is 20.5. The number of nitrogens with two attached hydrogens (primary N) is 1. The maximum atomic E-state index is 12.6. The number of rotatable bonds is 3. The fourth-order valence-electron chi connectivity index (χ4n) is 6.18. The van der Waals surface area contributed by atoms with Crippen molar-refractivity contribution in [3.63, 3.8) is 0 Å². The van der Waals surface area contributed by atoms with Crippen molar-refractivity contribution < 1.29 is 9.53 Å². The summed E-state index contributed by atoms with van der Waals surface area (Å²) in [4.78, 5) is 24.8. The lowest BCUT2D eigenvalue weighted by molar-refractivity contribution is -0.0371. The van der Waals surface area contributed by atoms with Crippen LogP contribution in [0.2, 0.25) is 0 Å². The van der Waals surface area contributed by atoms with Crippen molar-refractivity contribution in [3.05, 3.63) is 46.8 Å². The van der Waals surface area contributed by atoms with Gasteiger partial charge >= 0.3 is 0 Å². The molecule has 6 rings (SSSR count). The number of nitrogens with zero attached hydrogens (tertiary/aromatic N) is 5. The van der Waals surface area contributed by atoms with Crippen molar-refractivity contribution in [1.82, 2.24) is 25.1 Å². The van der Waals surface area contributed by atoms with Gasteiger partial charge in [-0.05, 0) is 62.0 Å². The Labute approximate surface area is 205 Å². The molecular formula is C26H33N7O2. The van der Waals surface area contributed by atoms with Crippen LogP contribution >= 0.6 is 0 Å². The number of amides is 1. The Morgan fingerprint density at radius 3 is 2.71 bits per heavy atom. The summed E-state index contributed by atoms with van der Waals surface area (Å²) >= 11 is 0. The summed E-state index contributed by atoms with van der Waals surface area (Å²) in [6.07, 6.45) is 5.78. The van der Waals surface area contributed by atoms with Gasteiger partial charge in [0.05, 0.1) is 5.69 Å². The third-order valence-corrected chi connectivity index (χ3v) is 8.20. The Morgan fingerprint density at radius 2 is 2.00 bits per heavy atom. The summed E-state index contributed by atoms with van der Waals surface area (Å²) in [5.41, 5.74) is 11.8. The van der Waals surface area contributed by atoms with Gasteiger partial charge in [-0.1, -0.05) is 24.3 Å². The van der Waals surface area contributed by atoms with E-state index in [9.17, 15) is 4.79 Å². The number of aromatic nitrogens is 4. The quantitative estimate of drug-likeness (QED) is 0.599. The molecule has 0 radical (unpaired) electrons. The summed E-state index contributed by atoms with van der Waals surface area (Å²) in [7, 11) is 1.61. The number of anilines is 1. The third-order valence-electron chi connectivity index (χ3n) is 8.20. The molecule has 2 atom stereocenters. The smallest absolute Gasteiger partial charge is 0.273 e. The predicted molar refractivity (Wildman–Crippen MR) is 133 cm³/mol. The molecule has 4 heterocycles. The van der Waals surface area contributed by atoms with Crippen molar-refractivity contribution in [2.24, 2.45) is 11.1 Å². The minimum atomic E-state index is -0.263. The van der Waals surface area contributed by atoms with Gasteiger partial charge in [-0.25, -0.2) is 14.6 Å². The van der Waals surface area contributed by atoms with Gasteiger partial charge in [0, 0.05) is 32.8 Å². The highest BCUT2D eigenvalue weighted by Crippen LogP contribution is 2.51. The van der Waals surface area contributed by atoms with Gasteiger partial charge in [0.25, 0.3) is 5.91 Å². The Hall–Kier alpha value is -3.04. The molecule has 2 aromatic heterocycles. The molecule has 2 aliphatic heterocycles. The molecule has 9 heteroatoms. The summed E-state index contributed by atoms with van der Waals surface area (Å²) in [5, 5.41) is 7.30. The van der Waals surface area contributed by atoms with Crippen LogP contribution in [-0.2, 0) is 11.2 Å². The number of ether oxygens (including phenoxy) is 1. The maximum Gasteiger partial charge on any atom is 0.273 e. The fourth-order valence-corrected chi connectivity index (χ4v) is 6.18. The lowest BCUT2D eigenvalue weighted by atomic mass is 9.73. The number of hydrogen-bond acceptors (Lipinski definition) is 7. The largest absolute Gasteiger partial charge is 0.356 e. The average molecular weight is 476 g/mol. The van der Waals surface area contributed by atoms with E-state index >= 15 is 0 Å². The molecule has 1 spiro atoms. The lowest BCUT2D eigenvalue weighted by Gasteiger charge is -2.42. The Balaban J connectivity index is 1.32. The van der Waals surface area contributed by atoms with E-state index < -0.39 is 0 Å². The summed E-state index contributed by atoms with van der Waals surface area (Å²) < 4.78 is 7.76. The van der Waals surface area contributed by atoms with Gasteiger partial charge < -0.3 is 20.7 Å². The molecular weight excluding hydrogens is 442 g/mol. The molecule has 2 fully saturated rings. The fraction of sp³-hybridized carbons (Fsp3) is 0.538. The molecule has 35 heavy (non-hydrogen) atoms. The monoisotopic (exact) mass is 475 g/mol. The van der Waals surface area contributed by atoms with Crippen LogP contribution in [0.5, 0.6) is 0 Å². The number of aryl methyl sites for hydroxylation is 1. The van der Waals surface area contributed by atoms with Gasteiger partial charge in [-0.15, -0.1) is 0 Å². The van der Waals surface area contributed by atoms with Crippen molar-refractivity contribution >= 4 is 22.9 Å². The normalized spacial score (nSPS) is 23.6. The van der Waals surface area contributed by atoms with Crippen LogP contribution in [-0.4, -0.2) is 52.4 Å². The van der Waals surface area contributed by atoms with Crippen LogP contribution in [0.4, 0.5) is 5.82 Å². The number of benzene rings is 1. The molecule has 1 aromatic carbocycles. The Kier molecular flexibility index (Phi) is 5.49. The van der Waals surface area contributed by atoms with Crippen molar-refractivity contribution in [1.29, 1.82) is 0 Å². The van der Waals surface area contributed by atoms with Gasteiger partial charge in [-0.2, -0.15) is 5.10 Å². The predicted octanol–water partition coefficient (Wildman–Crippen LogP) is 3.04. The zero-order valence-corrected chi connectivity index (χ0v) is 20.5. The van der Waals surface area contributed by atoms with Crippen molar-refractivity contribution in [2.45, 2.75) is 57.7 Å². The van der Waals surface area contributed by atoms with E-state index in [1.54, 1.807) is 11.7 Å². The molecule has 1 aliphatic carbocycles. The van der Waals surface area contributed by atoms with Gasteiger partial charge in [0.2, 0.25) is 0 Å². The first kappa shape index (κ1) is 22.4. The topological polar surface area (TPSA) is 111 Å². The van der Waals surface area contributed by atoms with Crippen LogP contribution in [0, 0.1) is 12.3 Å². The third kappa shape index (κ3) is 3.60. The van der Waals surface area contributed by atoms with Crippen LogP contribution in [0.1, 0.15) is 71.7 Å². The zero-order chi connectivity index (χ0) is 24.2. The molecule has 3 N–H and O–H groups in total. The second-order valence-corrected chi connectivity index (χ2v) is 10.2. The number of carbonyl (C=O) groups excluding carboxylic acids is 1. The Morgan fingerprint density at radius 1 is 1.20 bits per heavy atom. The summed E-state index contributed by atoms with van der Waals surface area (Å²) in [5.74, 6) is 0.595. The van der Waals surface area contributed by atoms with E-state index in [1.807, 2.05) is 6.92 Å². The second kappa shape index (κ2) is 8.57. The molecule has 0 saturated carbocycles. The van der Waals surface area contributed by atoms with E-state index in [1.165, 1.54) is 11.1 Å². The van der Waals surface area contributed by atoms with E-state index in [0.717, 1.165) is 63.1 Å². The first-order valence-corrected chi connectivity index (χ1v) is 12.7. The van der Waals surface area contributed by atoms with E-state index in [2.05, 4.69) is 39.6 Å². The van der Waals surface area contributed by atoms with Crippen LogP contribution in [0.25, 0.3) is 11.2 Å². The number of fused-ring (bicyclic) bond motifs is 2. The maximum absolute atomic E-state index is 12.6. The number of nitrogens with one attached hydrogen (secondary N) is 1. The Bertz CT molecular complexity index is 1270. The van der Waals surface area contributed by atoms with Crippen molar-refractivity contribution in [3.8, 4) is 0 Å². The molecule has 0 bridgehead atoms. The summed E-state index contributed by atoms with van der Waals surface area (Å²) in [6.45, 7) is 4.40. The van der Waals surface area contributed by atoms with Crippen LogP contribution in [0.3, 0.4) is 0 Å². The van der Waals surface area contributed by atoms with E-state index in [-0.39, 0.29) is 23.6 Å². The van der Waals surface area contributed by atoms with Crippen LogP contribution < -0.4 is 16.0 Å². The highest BCUT2D eigenvalue weighted by atomic mass is 16.5. The molecule has 9 nitrogen and oxygen atoms in total. The molecule has 1 unspecified atom stereocenters. The number of hydrogen-bond donors (Lipinski definition) is 2.